The van der Waals surface area contributed by atoms with E-state index in [-0.39, 0.29) is 17.9 Å². The Morgan fingerprint density at radius 3 is 2.60 bits per heavy atom. The highest BCUT2D eigenvalue weighted by molar-refractivity contribution is 6.03. The number of hydrogen-bond donors (Lipinski definition) is 2. The van der Waals surface area contributed by atoms with Crippen molar-refractivity contribution in [3.8, 4) is 6.01 Å². The predicted molar refractivity (Wildman–Crippen MR) is 74.7 cm³/mol. The second kappa shape index (κ2) is 6.16. The number of ether oxygens (including phenoxy) is 1. The number of carbonyl (C=O) groups excluding carboxylic acids is 1. The van der Waals surface area contributed by atoms with Gasteiger partial charge < -0.3 is 9.64 Å². The third-order valence-electron chi connectivity index (χ3n) is 2.59. The summed E-state index contributed by atoms with van der Waals surface area (Å²) in [6.45, 7) is 0.835. The summed E-state index contributed by atoms with van der Waals surface area (Å²) in [5.41, 5.74) is 1.70. The van der Waals surface area contributed by atoms with Gasteiger partial charge in [-0.1, -0.05) is 12.1 Å². The summed E-state index contributed by atoms with van der Waals surface area (Å²) in [6.07, 6.45) is 0. The van der Waals surface area contributed by atoms with Crippen molar-refractivity contribution in [2.45, 2.75) is 6.54 Å². The number of anilines is 1. The third-order valence-corrected chi connectivity index (χ3v) is 2.59. The first kappa shape index (κ1) is 14.0. The topological polar surface area (TPSA) is 83.1 Å². The molecule has 20 heavy (non-hydrogen) atoms. The van der Waals surface area contributed by atoms with Crippen LogP contribution in [0.3, 0.4) is 0 Å². The molecule has 0 spiro atoms. The Bertz CT molecular complexity index is 577. The molecule has 0 radical (unpaired) electrons. The summed E-state index contributed by atoms with van der Waals surface area (Å²) in [4.78, 5) is 18.0. The molecule has 0 unspecified atom stereocenters. The molecule has 1 aromatic carbocycles. The number of benzene rings is 1. The Labute approximate surface area is 117 Å². The van der Waals surface area contributed by atoms with Gasteiger partial charge in [0.05, 0.1) is 7.11 Å². The molecule has 2 rings (SSSR count). The maximum absolute atomic E-state index is 12.0. The molecule has 0 saturated carbocycles. The van der Waals surface area contributed by atoms with Crippen LogP contribution in [0.5, 0.6) is 6.01 Å². The van der Waals surface area contributed by atoms with Gasteiger partial charge in [0, 0.05) is 12.1 Å². The number of nitrogens with one attached hydrogen (secondary N) is 2. The highest BCUT2D eigenvalue weighted by Crippen LogP contribution is 2.09. The number of rotatable bonds is 5. The van der Waals surface area contributed by atoms with Crippen LogP contribution < -0.4 is 10.1 Å². The van der Waals surface area contributed by atoms with E-state index in [1.54, 1.807) is 12.1 Å². The molecule has 1 heterocycles. The number of methoxy groups -OCH3 is 1. The molecule has 7 heteroatoms. The van der Waals surface area contributed by atoms with E-state index in [9.17, 15) is 4.79 Å². The predicted octanol–water partition coefficient (Wildman–Crippen LogP) is 1.13. The normalized spacial score (nSPS) is 10.6. The minimum Gasteiger partial charge on any atom is -0.466 e. The fourth-order valence-corrected chi connectivity index (χ4v) is 1.70. The van der Waals surface area contributed by atoms with Crippen LogP contribution in [0.2, 0.25) is 0 Å². The van der Waals surface area contributed by atoms with Gasteiger partial charge in [-0.15, -0.1) is 5.10 Å². The average Bonchev–Trinajstić information content (AvgIpc) is 2.86. The Kier molecular flexibility index (Phi) is 4.31. The van der Waals surface area contributed by atoms with Crippen molar-refractivity contribution in [2.24, 2.45) is 0 Å². The first-order chi connectivity index (χ1) is 9.58. The van der Waals surface area contributed by atoms with E-state index in [4.69, 9.17) is 4.74 Å². The summed E-state index contributed by atoms with van der Waals surface area (Å²) in [6, 6.07) is 7.59. The molecule has 2 N–H and O–H groups in total. The van der Waals surface area contributed by atoms with Gasteiger partial charge in [0.2, 0.25) is 5.95 Å². The van der Waals surface area contributed by atoms with Crippen LogP contribution in [0.4, 0.5) is 5.95 Å². The van der Waals surface area contributed by atoms with Gasteiger partial charge in [-0.3, -0.25) is 10.1 Å². The lowest BCUT2D eigenvalue weighted by Gasteiger charge is -2.09. The van der Waals surface area contributed by atoms with Crippen molar-refractivity contribution in [2.75, 3.05) is 26.5 Å². The molecular weight excluding hydrogens is 258 g/mol. The number of H-pyrrole nitrogens is 1. The van der Waals surface area contributed by atoms with Crippen molar-refractivity contribution < 1.29 is 9.53 Å². The van der Waals surface area contributed by atoms with Crippen LogP contribution in [0.15, 0.2) is 24.3 Å². The molecule has 106 valence electrons. The van der Waals surface area contributed by atoms with Gasteiger partial charge in [0.25, 0.3) is 5.91 Å². The fourth-order valence-electron chi connectivity index (χ4n) is 1.70. The fraction of sp³-hybridized carbons (Fsp3) is 0.308. The summed E-state index contributed by atoms with van der Waals surface area (Å²) in [5, 5.41) is 8.93. The van der Waals surface area contributed by atoms with E-state index in [2.05, 4.69) is 25.4 Å². The van der Waals surface area contributed by atoms with Crippen LogP contribution >= 0.6 is 0 Å². The molecule has 1 amide bonds. The Morgan fingerprint density at radius 2 is 2.05 bits per heavy atom. The molecule has 1 aromatic heterocycles. The number of aromatic amines is 1. The second-order valence-corrected chi connectivity index (χ2v) is 4.56. The quantitative estimate of drug-likeness (QED) is 0.854. The first-order valence-corrected chi connectivity index (χ1v) is 6.10. The molecule has 0 fully saturated rings. The smallest absolute Gasteiger partial charge is 0.336 e. The van der Waals surface area contributed by atoms with E-state index in [1.165, 1.54) is 7.11 Å². The molecule has 0 aliphatic heterocycles. The first-order valence-electron chi connectivity index (χ1n) is 6.10. The zero-order valence-electron chi connectivity index (χ0n) is 11.7. The van der Waals surface area contributed by atoms with Gasteiger partial charge in [0.1, 0.15) is 0 Å². The Balaban J connectivity index is 2.01. The van der Waals surface area contributed by atoms with Crippen LogP contribution in [0, 0.1) is 0 Å². The minimum absolute atomic E-state index is 0.182. The van der Waals surface area contributed by atoms with Crippen LogP contribution in [0.25, 0.3) is 0 Å². The van der Waals surface area contributed by atoms with E-state index in [1.807, 2.05) is 26.2 Å². The lowest BCUT2D eigenvalue weighted by molar-refractivity contribution is 0.102. The number of aromatic nitrogens is 3. The van der Waals surface area contributed by atoms with Gasteiger partial charge in [-0.2, -0.15) is 4.98 Å². The Hall–Kier alpha value is -2.41. The SMILES string of the molecule is COc1n[nH]c(NC(=O)c2ccc(CN(C)C)cc2)n1. The van der Waals surface area contributed by atoms with Crippen molar-refractivity contribution in [3.63, 3.8) is 0 Å². The average molecular weight is 275 g/mol. The highest BCUT2D eigenvalue weighted by Gasteiger charge is 2.09. The van der Waals surface area contributed by atoms with Crippen molar-refractivity contribution in [3.05, 3.63) is 35.4 Å². The van der Waals surface area contributed by atoms with E-state index >= 15 is 0 Å². The van der Waals surface area contributed by atoms with E-state index in [0.717, 1.165) is 12.1 Å². The van der Waals surface area contributed by atoms with Gasteiger partial charge in [-0.05, 0) is 31.8 Å². The van der Waals surface area contributed by atoms with Crippen LogP contribution in [0.1, 0.15) is 15.9 Å². The number of nitrogens with zero attached hydrogens (tertiary/aromatic N) is 3. The molecule has 0 atom stereocenters. The highest BCUT2D eigenvalue weighted by atomic mass is 16.5. The monoisotopic (exact) mass is 275 g/mol. The molecule has 0 saturated heterocycles. The van der Waals surface area contributed by atoms with Gasteiger partial charge in [0.15, 0.2) is 0 Å². The number of carbonyl (C=O) groups is 1. The van der Waals surface area contributed by atoms with E-state index < -0.39 is 0 Å². The number of amides is 1. The standard InChI is InChI=1S/C13H17N5O2/c1-18(2)8-9-4-6-10(7-5-9)11(19)14-12-15-13(20-3)17-16-12/h4-7H,8H2,1-3H3,(H2,14,15,16,17,19). The molecule has 0 aliphatic carbocycles. The third kappa shape index (κ3) is 3.55. The summed E-state index contributed by atoms with van der Waals surface area (Å²) in [7, 11) is 5.45. The summed E-state index contributed by atoms with van der Waals surface area (Å²) in [5.74, 6) is 0.00410. The van der Waals surface area contributed by atoms with Crippen LogP contribution in [-0.4, -0.2) is 47.2 Å². The molecule has 0 bridgehead atoms. The van der Waals surface area contributed by atoms with Crippen LogP contribution in [-0.2, 0) is 6.54 Å². The maximum atomic E-state index is 12.0. The van der Waals surface area contributed by atoms with Crippen molar-refractivity contribution in [1.82, 2.24) is 20.1 Å². The lowest BCUT2D eigenvalue weighted by atomic mass is 10.1. The zero-order valence-corrected chi connectivity index (χ0v) is 11.7. The van der Waals surface area contributed by atoms with E-state index in [0.29, 0.717) is 5.56 Å². The van der Waals surface area contributed by atoms with Gasteiger partial charge >= 0.3 is 6.01 Å². The van der Waals surface area contributed by atoms with Crippen molar-refractivity contribution >= 4 is 11.9 Å². The zero-order chi connectivity index (χ0) is 14.5. The Morgan fingerprint density at radius 1 is 1.35 bits per heavy atom. The van der Waals surface area contributed by atoms with Crippen molar-refractivity contribution in [1.29, 1.82) is 0 Å². The maximum Gasteiger partial charge on any atom is 0.336 e. The molecular formula is C13H17N5O2. The second-order valence-electron chi connectivity index (χ2n) is 4.56. The summed E-state index contributed by atoms with van der Waals surface area (Å²) < 4.78 is 4.83. The summed E-state index contributed by atoms with van der Waals surface area (Å²) >= 11 is 0. The van der Waals surface area contributed by atoms with Gasteiger partial charge in [-0.25, -0.2) is 5.10 Å². The number of hydrogen-bond acceptors (Lipinski definition) is 5. The largest absolute Gasteiger partial charge is 0.466 e. The molecule has 0 aliphatic rings. The minimum atomic E-state index is -0.250. The molecule has 2 aromatic rings. The molecule has 7 nitrogen and oxygen atoms in total. The lowest BCUT2D eigenvalue weighted by Crippen LogP contribution is -2.14.